The Hall–Kier alpha value is -2.97. The summed E-state index contributed by atoms with van der Waals surface area (Å²) in [5, 5.41) is 23.9. The van der Waals surface area contributed by atoms with Crippen LogP contribution in [0.25, 0.3) is 28.1 Å². The third-order valence-corrected chi connectivity index (χ3v) is 6.72. The average Bonchev–Trinajstić information content (AvgIpc) is 2.88. The summed E-state index contributed by atoms with van der Waals surface area (Å²) in [6.07, 6.45) is 4.53. The smallest absolute Gasteiger partial charge is 0.267 e. The number of aromatic hydroxyl groups is 1. The van der Waals surface area contributed by atoms with E-state index in [1.807, 2.05) is 12.1 Å². The topological polar surface area (TPSA) is 80.2 Å². The Morgan fingerprint density at radius 3 is 2.69 bits per heavy atom. The number of alkyl halides is 2. The van der Waals surface area contributed by atoms with E-state index in [4.69, 9.17) is 4.74 Å². The van der Waals surface area contributed by atoms with Crippen LogP contribution in [0.2, 0.25) is 0 Å². The van der Waals surface area contributed by atoms with Gasteiger partial charge in [-0.25, -0.2) is 8.78 Å². The number of phenols is 1. The van der Waals surface area contributed by atoms with Gasteiger partial charge in [-0.3, -0.25) is 10.3 Å². The first kappa shape index (κ1) is 20.9. The number of phenolic OH excluding ortho intramolecular Hbond substituents is 1. The molecular weight excluding hydrogens is 414 g/mol. The quantitative estimate of drug-likeness (QED) is 0.633. The van der Waals surface area contributed by atoms with Crippen molar-refractivity contribution in [3.05, 3.63) is 54.0 Å². The Kier molecular flexibility index (Phi) is 4.58. The summed E-state index contributed by atoms with van der Waals surface area (Å²) in [6.45, 7) is 3.34. The molecule has 2 aliphatic heterocycles. The van der Waals surface area contributed by atoms with Crippen molar-refractivity contribution in [3.8, 4) is 17.0 Å². The fraction of sp³-hybridized carbons (Fsp3) is 0.375. The molecule has 5 rings (SSSR count). The minimum Gasteiger partial charge on any atom is -0.507 e. The van der Waals surface area contributed by atoms with Gasteiger partial charge in [0.1, 0.15) is 5.75 Å². The van der Waals surface area contributed by atoms with E-state index >= 15 is 0 Å². The molecule has 166 valence electrons. The number of rotatable bonds is 3. The van der Waals surface area contributed by atoms with E-state index in [1.54, 1.807) is 50.5 Å². The maximum atomic E-state index is 14.7. The molecule has 2 aliphatic rings. The van der Waals surface area contributed by atoms with E-state index in [0.717, 1.165) is 16.3 Å². The highest BCUT2D eigenvalue weighted by Crippen LogP contribution is 2.53. The SMILES string of the molecule is CO[C@@H]1/C(=C\c2ccc(-c3cc4ccncc4cc3O)nn2)C[C@@]2(C)N[C@]1(C)CC2(F)F. The van der Waals surface area contributed by atoms with Crippen LogP contribution in [0.5, 0.6) is 5.75 Å². The molecule has 4 heterocycles. The molecule has 3 aromatic rings. The lowest BCUT2D eigenvalue weighted by Crippen LogP contribution is -2.61. The number of nitrogens with one attached hydrogen (secondary N) is 1. The standard InChI is InChI=1S/C24H24F2N4O2/c1-22-13-24(25,26)23(2,30-22)11-15(21(22)32-3)8-17-4-5-19(29-28-17)18-9-14-6-7-27-12-16(14)10-20(18)31/h4-10,12,21,30-31H,11,13H2,1-3H3/b15-8-/t21-,22-,23-/m1/s1. The van der Waals surface area contributed by atoms with Crippen LogP contribution >= 0.6 is 0 Å². The van der Waals surface area contributed by atoms with Crippen LogP contribution in [0, 0.1) is 0 Å². The van der Waals surface area contributed by atoms with Crippen molar-refractivity contribution in [2.45, 2.75) is 49.8 Å². The van der Waals surface area contributed by atoms with Crippen LogP contribution in [-0.4, -0.2) is 50.5 Å². The molecule has 32 heavy (non-hydrogen) atoms. The van der Waals surface area contributed by atoms with Crippen molar-refractivity contribution in [1.29, 1.82) is 0 Å². The second kappa shape index (κ2) is 7.02. The first-order valence-electron chi connectivity index (χ1n) is 10.5. The molecule has 1 aromatic carbocycles. The van der Waals surface area contributed by atoms with E-state index in [9.17, 15) is 13.9 Å². The summed E-state index contributed by atoms with van der Waals surface area (Å²) >= 11 is 0. The molecule has 2 saturated heterocycles. The number of halogens is 2. The van der Waals surface area contributed by atoms with Crippen molar-refractivity contribution in [2.24, 2.45) is 0 Å². The number of fused-ring (bicyclic) bond motifs is 3. The molecule has 2 fully saturated rings. The van der Waals surface area contributed by atoms with Gasteiger partial charge in [0.2, 0.25) is 0 Å². The second-order valence-corrected chi connectivity index (χ2v) is 9.20. The Morgan fingerprint density at radius 2 is 1.97 bits per heavy atom. The molecule has 6 nitrogen and oxygen atoms in total. The molecule has 0 aliphatic carbocycles. The minimum atomic E-state index is -2.84. The first-order valence-corrected chi connectivity index (χ1v) is 10.5. The van der Waals surface area contributed by atoms with Gasteiger partial charge in [0.25, 0.3) is 5.92 Å². The fourth-order valence-corrected chi connectivity index (χ4v) is 5.28. The third kappa shape index (κ3) is 3.17. The largest absolute Gasteiger partial charge is 0.507 e. The molecule has 2 aromatic heterocycles. The average molecular weight is 438 g/mol. The number of pyridine rings is 1. The van der Waals surface area contributed by atoms with Crippen molar-refractivity contribution in [2.75, 3.05) is 7.11 Å². The van der Waals surface area contributed by atoms with Gasteiger partial charge >= 0.3 is 0 Å². The lowest BCUT2D eigenvalue weighted by Gasteiger charge is -2.44. The molecule has 2 N–H and O–H groups in total. The van der Waals surface area contributed by atoms with Crippen LogP contribution in [0.3, 0.4) is 0 Å². The number of methoxy groups -OCH3 is 1. The molecular formula is C24H24F2N4O2. The highest BCUT2D eigenvalue weighted by Gasteiger charge is 2.67. The molecule has 0 amide bonds. The molecule has 0 saturated carbocycles. The van der Waals surface area contributed by atoms with E-state index < -0.39 is 23.1 Å². The molecule has 0 unspecified atom stereocenters. The maximum Gasteiger partial charge on any atom is 0.267 e. The fourth-order valence-electron chi connectivity index (χ4n) is 5.28. The monoisotopic (exact) mass is 438 g/mol. The summed E-state index contributed by atoms with van der Waals surface area (Å²) in [5.41, 5.74) is 0.189. The van der Waals surface area contributed by atoms with Gasteiger partial charge in [-0.15, -0.1) is 5.10 Å². The van der Waals surface area contributed by atoms with Gasteiger partial charge < -0.3 is 9.84 Å². The highest BCUT2D eigenvalue weighted by molar-refractivity contribution is 5.89. The van der Waals surface area contributed by atoms with Crippen LogP contribution in [-0.2, 0) is 4.74 Å². The van der Waals surface area contributed by atoms with Crippen LogP contribution in [0.4, 0.5) is 8.78 Å². The lowest BCUT2D eigenvalue weighted by atomic mass is 9.81. The predicted molar refractivity (Wildman–Crippen MR) is 117 cm³/mol. The molecule has 8 heteroatoms. The summed E-state index contributed by atoms with van der Waals surface area (Å²) in [5.74, 6) is -2.75. The van der Waals surface area contributed by atoms with Gasteiger partial charge in [0, 0.05) is 36.9 Å². The number of nitrogens with zero attached hydrogens (tertiary/aromatic N) is 3. The van der Waals surface area contributed by atoms with Gasteiger partial charge in [-0.1, -0.05) is 0 Å². The number of hydrogen-bond donors (Lipinski definition) is 2. The van der Waals surface area contributed by atoms with E-state index in [2.05, 4.69) is 20.5 Å². The zero-order valence-electron chi connectivity index (χ0n) is 18.1. The molecule has 0 spiro atoms. The van der Waals surface area contributed by atoms with Gasteiger partial charge in [-0.2, -0.15) is 5.10 Å². The number of piperidine rings is 1. The predicted octanol–water partition coefficient (Wildman–Crippen LogP) is 4.35. The Morgan fingerprint density at radius 1 is 1.16 bits per heavy atom. The van der Waals surface area contributed by atoms with Crippen molar-refractivity contribution >= 4 is 16.8 Å². The minimum absolute atomic E-state index is 0.0864. The molecule has 2 bridgehead atoms. The number of hydrogen-bond acceptors (Lipinski definition) is 6. The highest BCUT2D eigenvalue weighted by atomic mass is 19.3. The Balaban J connectivity index is 1.49. The third-order valence-electron chi connectivity index (χ3n) is 6.72. The normalized spacial score (nSPS) is 30.2. The first-order chi connectivity index (χ1) is 15.1. The van der Waals surface area contributed by atoms with Gasteiger partial charge in [-0.05, 0) is 67.6 Å². The Labute approximate surface area is 184 Å². The van der Waals surface area contributed by atoms with Gasteiger partial charge in [0.15, 0.2) is 0 Å². The van der Waals surface area contributed by atoms with E-state index in [-0.39, 0.29) is 18.6 Å². The van der Waals surface area contributed by atoms with Crippen LogP contribution in [0.15, 0.2) is 48.3 Å². The second-order valence-electron chi connectivity index (χ2n) is 9.20. The van der Waals surface area contributed by atoms with Crippen molar-refractivity contribution < 1.29 is 18.6 Å². The zero-order chi connectivity index (χ0) is 22.7. The summed E-state index contributed by atoms with van der Waals surface area (Å²) < 4.78 is 35.1. The maximum absolute atomic E-state index is 14.7. The molecule has 3 atom stereocenters. The summed E-state index contributed by atoms with van der Waals surface area (Å²) in [4.78, 5) is 4.06. The van der Waals surface area contributed by atoms with Crippen molar-refractivity contribution in [1.82, 2.24) is 20.5 Å². The Bertz CT molecular complexity index is 1230. The summed E-state index contributed by atoms with van der Waals surface area (Å²) in [6, 6.07) is 8.87. The summed E-state index contributed by atoms with van der Waals surface area (Å²) in [7, 11) is 1.54. The molecule has 0 radical (unpaired) electrons. The van der Waals surface area contributed by atoms with E-state index in [0.29, 0.717) is 17.0 Å². The van der Waals surface area contributed by atoms with Crippen LogP contribution < -0.4 is 5.32 Å². The number of aromatic nitrogens is 3. The van der Waals surface area contributed by atoms with Crippen molar-refractivity contribution in [3.63, 3.8) is 0 Å². The number of benzene rings is 1. The number of ether oxygens (including phenoxy) is 1. The lowest BCUT2D eigenvalue weighted by molar-refractivity contribution is -0.0524. The zero-order valence-corrected chi connectivity index (χ0v) is 18.1. The van der Waals surface area contributed by atoms with Gasteiger partial charge in [0.05, 0.1) is 28.6 Å². The van der Waals surface area contributed by atoms with Crippen LogP contribution in [0.1, 0.15) is 32.4 Å². The van der Waals surface area contributed by atoms with E-state index in [1.165, 1.54) is 7.11 Å².